The largest absolute Gasteiger partial charge is 0.295 e. The molecule has 0 unspecified atom stereocenters. The van der Waals surface area contributed by atoms with Gasteiger partial charge < -0.3 is 0 Å². The van der Waals surface area contributed by atoms with Gasteiger partial charge in [-0.3, -0.25) is 9.79 Å². The third-order valence-corrected chi connectivity index (χ3v) is 0.690. The molecule has 0 rings (SSSR count). The van der Waals surface area contributed by atoms with E-state index in [4.69, 9.17) is 0 Å². The second-order valence-electron chi connectivity index (χ2n) is 2.05. The molecular formula is C8H11NO. The van der Waals surface area contributed by atoms with Gasteiger partial charge in [0.15, 0.2) is 5.78 Å². The first-order valence-electron chi connectivity index (χ1n) is 2.98. The molecule has 0 aliphatic carbocycles. The second kappa shape index (κ2) is 4.68. The van der Waals surface area contributed by atoms with Crippen LogP contribution in [0, 0.1) is 0 Å². The van der Waals surface area contributed by atoms with Gasteiger partial charge in [-0.05, 0) is 25.5 Å². The third-order valence-electron chi connectivity index (χ3n) is 0.690. The number of carbonyl (C=O) groups is 1. The van der Waals surface area contributed by atoms with Crippen molar-refractivity contribution in [3.05, 3.63) is 24.4 Å². The molecule has 0 atom stereocenters. The summed E-state index contributed by atoms with van der Waals surface area (Å²) in [5.74, 6) is -0.00105. The average molecular weight is 137 g/mol. The standard InChI is InChI=1S/C8H11NO/c1-7(2)6-9-5-4-8(3)10/h4-6H,1H2,2-3H3/b5-4+,9-6?. The van der Waals surface area contributed by atoms with Crippen LogP contribution < -0.4 is 0 Å². The Morgan fingerprint density at radius 1 is 1.50 bits per heavy atom. The molecule has 0 saturated heterocycles. The summed E-state index contributed by atoms with van der Waals surface area (Å²) in [4.78, 5) is 14.1. The van der Waals surface area contributed by atoms with E-state index in [-0.39, 0.29) is 5.78 Å². The summed E-state index contributed by atoms with van der Waals surface area (Å²) in [5.41, 5.74) is 0.869. The molecular weight excluding hydrogens is 126 g/mol. The third kappa shape index (κ3) is 6.82. The fraction of sp³-hybridized carbons (Fsp3) is 0.250. The molecule has 2 heteroatoms. The SMILES string of the molecule is C=C(C)C=N/C=C/C(C)=O. The van der Waals surface area contributed by atoms with Gasteiger partial charge in [0, 0.05) is 12.4 Å². The lowest BCUT2D eigenvalue weighted by atomic mass is 10.4. The molecule has 0 heterocycles. The topological polar surface area (TPSA) is 29.4 Å². The molecule has 0 aromatic carbocycles. The summed E-state index contributed by atoms with van der Waals surface area (Å²) in [6.45, 7) is 6.92. The van der Waals surface area contributed by atoms with Crippen molar-refractivity contribution in [1.82, 2.24) is 0 Å². The van der Waals surface area contributed by atoms with E-state index in [1.54, 1.807) is 6.21 Å². The molecule has 2 nitrogen and oxygen atoms in total. The molecule has 0 saturated carbocycles. The van der Waals surface area contributed by atoms with Crippen molar-refractivity contribution in [3.8, 4) is 0 Å². The molecule has 0 bridgehead atoms. The Morgan fingerprint density at radius 3 is 2.50 bits per heavy atom. The number of hydrogen-bond donors (Lipinski definition) is 0. The highest BCUT2D eigenvalue weighted by Crippen LogP contribution is 1.81. The van der Waals surface area contributed by atoms with E-state index < -0.39 is 0 Å². The molecule has 0 aliphatic heterocycles. The van der Waals surface area contributed by atoms with Crippen LogP contribution in [0.1, 0.15) is 13.8 Å². The first-order valence-corrected chi connectivity index (χ1v) is 2.98. The lowest BCUT2D eigenvalue weighted by Crippen LogP contribution is -1.78. The molecule has 54 valence electrons. The summed E-state index contributed by atoms with van der Waals surface area (Å²) < 4.78 is 0. The molecule has 0 amide bonds. The highest BCUT2D eigenvalue weighted by Gasteiger charge is 1.77. The lowest BCUT2D eigenvalue weighted by Gasteiger charge is -1.79. The summed E-state index contributed by atoms with van der Waals surface area (Å²) >= 11 is 0. The van der Waals surface area contributed by atoms with Crippen LogP contribution in [0.15, 0.2) is 29.4 Å². The predicted molar refractivity (Wildman–Crippen MR) is 43.1 cm³/mol. The van der Waals surface area contributed by atoms with E-state index in [1.807, 2.05) is 6.92 Å². The molecule has 0 aromatic rings. The Kier molecular flexibility index (Phi) is 4.12. The zero-order valence-corrected chi connectivity index (χ0v) is 6.29. The second-order valence-corrected chi connectivity index (χ2v) is 2.05. The number of allylic oxidation sites excluding steroid dienone is 2. The number of ketones is 1. The van der Waals surface area contributed by atoms with Crippen molar-refractivity contribution < 1.29 is 4.79 Å². The van der Waals surface area contributed by atoms with Crippen LogP contribution in [-0.4, -0.2) is 12.0 Å². The van der Waals surface area contributed by atoms with Gasteiger partial charge in [-0.2, -0.15) is 0 Å². The molecule has 0 radical (unpaired) electrons. The molecule has 0 aliphatic rings. The van der Waals surface area contributed by atoms with Gasteiger partial charge in [0.25, 0.3) is 0 Å². The maximum Gasteiger partial charge on any atom is 0.154 e. The van der Waals surface area contributed by atoms with Crippen molar-refractivity contribution in [3.63, 3.8) is 0 Å². The van der Waals surface area contributed by atoms with Gasteiger partial charge >= 0.3 is 0 Å². The Balaban J connectivity index is 3.73. The highest BCUT2D eigenvalue weighted by molar-refractivity contribution is 5.87. The van der Waals surface area contributed by atoms with E-state index in [2.05, 4.69) is 11.6 Å². The van der Waals surface area contributed by atoms with E-state index in [1.165, 1.54) is 19.2 Å². The summed E-state index contributed by atoms with van der Waals surface area (Å²) in [6.07, 6.45) is 4.45. The van der Waals surface area contributed by atoms with E-state index in [0.29, 0.717) is 0 Å². The monoisotopic (exact) mass is 137 g/mol. The Hall–Kier alpha value is -1.18. The molecule has 0 spiro atoms. The van der Waals surface area contributed by atoms with Gasteiger partial charge in [0.2, 0.25) is 0 Å². The van der Waals surface area contributed by atoms with Crippen LogP contribution >= 0.6 is 0 Å². The summed E-state index contributed by atoms with van der Waals surface area (Å²) in [7, 11) is 0. The molecule has 0 aromatic heterocycles. The molecule has 10 heavy (non-hydrogen) atoms. The lowest BCUT2D eigenvalue weighted by molar-refractivity contribution is -0.112. The fourth-order valence-corrected chi connectivity index (χ4v) is 0.318. The van der Waals surface area contributed by atoms with E-state index >= 15 is 0 Å². The van der Waals surface area contributed by atoms with Gasteiger partial charge in [-0.15, -0.1) is 0 Å². The van der Waals surface area contributed by atoms with Crippen LogP contribution in [0.4, 0.5) is 0 Å². The minimum absolute atomic E-state index is 0.00105. The number of nitrogens with zero attached hydrogens (tertiary/aromatic N) is 1. The number of rotatable bonds is 3. The molecule has 0 fully saturated rings. The Morgan fingerprint density at radius 2 is 2.10 bits per heavy atom. The van der Waals surface area contributed by atoms with Crippen molar-refractivity contribution in [1.29, 1.82) is 0 Å². The van der Waals surface area contributed by atoms with E-state index in [0.717, 1.165) is 5.57 Å². The van der Waals surface area contributed by atoms with Crippen LogP contribution in [0.25, 0.3) is 0 Å². The summed E-state index contributed by atoms with van der Waals surface area (Å²) in [6, 6.07) is 0. The smallest absolute Gasteiger partial charge is 0.154 e. The number of hydrogen-bond acceptors (Lipinski definition) is 2. The van der Waals surface area contributed by atoms with Gasteiger partial charge in [0.1, 0.15) is 0 Å². The van der Waals surface area contributed by atoms with E-state index in [9.17, 15) is 4.79 Å². The highest BCUT2D eigenvalue weighted by atomic mass is 16.1. The van der Waals surface area contributed by atoms with Crippen molar-refractivity contribution >= 4 is 12.0 Å². The maximum atomic E-state index is 10.3. The van der Waals surface area contributed by atoms with Crippen molar-refractivity contribution in [2.45, 2.75) is 13.8 Å². The van der Waals surface area contributed by atoms with Crippen LogP contribution in [-0.2, 0) is 4.79 Å². The Bertz CT molecular complexity index is 167. The maximum absolute atomic E-state index is 10.3. The van der Waals surface area contributed by atoms with Crippen LogP contribution in [0.3, 0.4) is 0 Å². The zero-order chi connectivity index (χ0) is 7.98. The van der Waals surface area contributed by atoms with Gasteiger partial charge in [0.05, 0.1) is 0 Å². The Labute approximate surface area is 61.0 Å². The predicted octanol–water partition coefficient (Wildman–Crippen LogP) is 1.74. The minimum atomic E-state index is -0.00105. The number of carbonyl (C=O) groups excluding carboxylic acids is 1. The first-order chi connectivity index (χ1) is 4.63. The zero-order valence-electron chi connectivity index (χ0n) is 6.29. The van der Waals surface area contributed by atoms with Crippen LogP contribution in [0.5, 0.6) is 0 Å². The first kappa shape index (κ1) is 8.82. The van der Waals surface area contributed by atoms with Gasteiger partial charge in [-0.1, -0.05) is 6.58 Å². The normalized spacial score (nSPS) is 11.0. The summed E-state index contributed by atoms with van der Waals surface area (Å²) in [5, 5.41) is 0. The quantitative estimate of drug-likeness (QED) is 0.430. The minimum Gasteiger partial charge on any atom is -0.295 e. The van der Waals surface area contributed by atoms with Crippen molar-refractivity contribution in [2.75, 3.05) is 0 Å². The average Bonchev–Trinajstić information content (AvgIpc) is 1.79. The fourth-order valence-electron chi connectivity index (χ4n) is 0.318. The van der Waals surface area contributed by atoms with Gasteiger partial charge in [-0.25, -0.2) is 0 Å². The molecule has 0 N–H and O–H groups in total. The van der Waals surface area contributed by atoms with Crippen LogP contribution in [0.2, 0.25) is 0 Å². The number of aliphatic imine (C=N–C) groups is 1. The van der Waals surface area contributed by atoms with Crippen molar-refractivity contribution in [2.24, 2.45) is 4.99 Å².